The lowest BCUT2D eigenvalue weighted by Gasteiger charge is -2.43. The van der Waals surface area contributed by atoms with Gasteiger partial charge in [0.15, 0.2) is 0 Å². The number of carbonyl (C=O) groups excluding carboxylic acids is 1. The molecular formula is C39H41N3O4SSi. The maximum Gasteiger partial charge on any atom is 0.356 e. The first-order valence-corrected chi connectivity index (χ1v) is 19.0. The number of hydrogen-bond acceptors (Lipinski definition) is 8. The molecule has 1 aliphatic rings. The molecule has 0 radical (unpaired) electrons. The van der Waals surface area contributed by atoms with Crippen molar-refractivity contribution in [3.63, 3.8) is 0 Å². The lowest BCUT2D eigenvalue weighted by atomic mass is 9.94. The summed E-state index contributed by atoms with van der Waals surface area (Å²) in [7, 11) is -2.77. The predicted octanol–water partition coefficient (Wildman–Crippen LogP) is 7.93. The highest BCUT2D eigenvalue weighted by Crippen LogP contribution is 2.45. The Bertz CT molecular complexity index is 1810. The number of carbonyl (C=O) groups is 1. The van der Waals surface area contributed by atoms with Crippen LogP contribution in [0.5, 0.6) is 0 Å². The molecule has 0 aliphatic carbocycles. The van der Waals surface area contributed by atoms with Crippen molar-refractivity contribution in [2.45, 2.75) is 51.7 Å². The second-order valence-electron chi connectivity index (χ2n) is 12.9. The van der Waals surface area contributed by atoms with Crippen LogP contribution in [0.15, 0.2) is 116 Å². The minimum Gasteiger partial charge on any atom is -0.461 e. The van der Waals surface area contributed by atoms with Gasteiger partial charge in [0.2, 0.25) is 0 Å². The molecule has 0 bridgehead atoms. The molecular weight excluding hydrogens is 635 g/mol. The number of rotatable bonds is 11. The fourth-order valence-electron chi connectivity index (χ4n) is 6.90. The van der Waals surface area contributed by atoms with Gasteiger partial charge in [-0.2, -0.15) is 0 Å². The summed E-state index contributed by atoms with van der Waals surface area (Å²) in [5.41, 5.74) is 5.74. The number of aromatic nitrogens is 2. The molecule has 0 unspecified atom stereocenters. The zero-order valence-electron chi connectivity index (χ0n) is 27.8. The van der Waals surface area contributed by atoms with Crippen molar-refractivity contribution < 1.29 is 18.5 Å². The zero-order chi connectivity index (χ0) is 33.7. The minimum absolute atomic E-state index is 0.164. The predicted molar refractivity (Wildman–Crippen MR) is 196 cm³/mol. The van der Waals surface area contributed by atoms with E-state index in [0.717, 1.165) is 40.0 Å². The number of ether oxygens (including phenoxy) is 1. The number of pyridine rings is 2. The van der Waals surface area contributed by atoms with Gasteiger partial charge in [0, 0.05) is 42.2 Å². The molecule has 6 rings (SSSR count). The summed E-state index contributed by atoms with van der Waals surface area (Å²) in [6.45, 7) is 9.77. The second-order valence-corrected chi connectivity index (χ2v) is 17.9. The molecule has 0 amide bonds. The maximum atomic E-state index is 13.0. The van der Waals surface area contributed by atoms with E-state index < -0.39 is 14.3 Å². The van der Waals surface area contributed by atoms with Crippen LogP contribution >= 0.6 is 12.2 Å². The van der Waals surface area contributed by atoms with Crippen LogP contribution in [-0.2, 0) is 15.7 Å². The van der Waals surface area contributed by atoms with E-state index in [4.69, 9.17) is 14.1 Å². The smallest absolute Gasteiger partial charge is 0.356 e. The van der Waals surface area contributed by atoms with Gasteiger partial charge in [0.1, 0.15) is 5.69 Å². The van der Waals surface area contributed by atoms with Crippen molar-refractivity contribution in [2.75, 3.05) is 13.2 Å². The van der Waals surface area contributed by atoms with E-state index in [2.05, 4.69) is 80.4 Å². The van der Waals surface area contributed by atoms with Crippen LogP contribution in [0.2, 0.25) is 5.04 Å². The van der Waals surface area contributed by atoms with E-state index in [1.807, 2.05) is 59.0 Å². The molecule has 1 N–H and O–H groups in total. The minimum atomic E-state index is -2.77. The highest BCUT2D eigenvalue weighted by Gasteiger charge is 2.50. The fourth-order valence-corrected chi connectivity index (χ4v) is 12.0. The van der Waals surface area contributed by atoms with Gasteiger partial charge in [-0.3, -0.25) is 4.98 Å². The monoisotopic (exact) mass is 675 g/mol. The summed E-state index contributed by atoms with van der Waals surface area (Å²) in [6, 6.07) is 34.9. The molecule has 9 heteroatoms. The SMILES string of the molecule is CCOC(=O)c1cc2c(c(-c3cccc(-c4cccnc4)c3)n1)[C@@H](CCO[Si](c1ccccc1)(c1ccccc1)C(C)(C)C)N(SO)C2. The summed E-state index contributed by atoms with van der Waals surface area (Å²) in [6.07, 6.45) is 4.20. The van der Waals surface area contributed by atoms with Crippen molar-refractivity contribution in [3.8, 4) is 22.4 Å². The van der Waals surface area contributed by atoms with Crippen LogP contribution in [0.4, 0.5) is 0 Å². The third-order valence-electron chi connectivity index (χ3n) is 9.00. The van der Waals surface area contributed by atoms with E-state index in [0.29, 0.717) is 25.3 Å². The van der Waals surface area contributed by atoms with Gasteiger partial charge >= 0.3 is 5.97 Å². The van der Waals surface area contributed by atoms with Gasteiger partial charge in [-0.25, -0.2) is 14.1 Å². The van der Waals surface area contributed by atoms with Crippen molar-refractivity contribution in [3.05, 3.63) is 132 Å². The van der Waals surface area contributed by atoms with Gasteiger partial charge in [0.25, 0.3) is 8.32 Å². The van der Waals surface area contributed by atoms with Crippen molar-refractivity contribution >= 4 is 36.9 Å². The van der Waals surface area contributed by atoms with Crippen LogP contribution in [0.25, 0.3) is 22.4 Å². The summed E-state index contributed by atoms with van der Waals surface area (Å²) in [5, 5.41) is 2.28. The molecule has 0 saturated heterocycles. The van der Waals surface area contributed by atoms with Crippen LogP contribution < -0.4 is 10.4 Å². The second kappa shape index (κ2) is 14.6. The van der Waals surface area contributed by atoms with Crippen LogP contribution in [0.3, 0.4) is 0 Å². The molecule has 1 aliphatic heterocycles. The number of fused-ring (bicyclic) bond motifs is 1. The first-order valence-electron chi connectivity index (χ1n) is 16.3. The Morgan fingerprint density at radius 3 is 2.19 bits per heavy atom. The summed E-state index contributed by atoms with van der Waals surface area (Å²) in [4.78, 5) is 22.3. The summed E-state index contributed by atoms with van der Waals surface area (Å²) >= 11 is 0.719. The molecule has 1 atom stereocenters. The molecule has 0 fully saturated rings. The molecule has 5 aromatic rings. The number of hydrogen-bond donors (Lipinski definition) is 1. The zero-order valence-corrected chi connectivity index (χ0v) is 29.6. The van der Waals surface area contributed by atoms with Gasteiger partial charge in [-0.05, 0) is 58.1 Å². The topological polar surface area (TPSA) is 84.8 Å². The average molecular weight is 676 g/mol. The Balaban J connectivity index is 1.41. The molecule has 246 valence electrons. The van der Waals surface area contributed by atoms with E-state index in [1.54, 1.807) is 13.1 Å². The van der Waals surface area contributed by atoms with Crippen molar-refractivity contribution in [1.29, 1.82) is 0 Å². The van der Waals surface area contributed by atoms with E-state index in [1.165, 1.54) is 10.4 Å². The normalized spacial score (nSPS) is 14.9. The lowest BCUT2D eigenvalue weighted by molar-refractivity contribution is 0.0519. The quantitative estimate of drug-likeness (QED) is 0.0654. The van der Waals surface area contributed by atoms with Gasteiger partial charge < -0.3 is 13.7 Å². The number of nitrogens with zero attached hydrogens (tertiary/aromatic N) is 3. The Morgan fingerprint density at radius 1 is 0.917 bits per heavy atom. The van der Waals surface area contributed by atoms with E-state index >= 15 is 0 Å². The highest BCUT2D eigenvalue weighted by atomic mass is 32.2. The van der Waals surface area contributed by atoms with E-state index in [-0.39, 0.29) is 23.4 Å². The lowest BCUT2D eigenvalue weighted by Crippen LogP contribution is -2.66. The average Bonchev–Trinajstić information content (AvgIpc) is 3.48. The van der Waals surface area contributed by atoms with Gasteiger partial charge in [0.05, 0.1) is 30.6 Å². The highest BCUT2D eigenvalue weighted by molar-refractivity contribution is 7.91. The molecule has 0 saturated carbocycles. The Labute approximate surface area is 288 Å². The molecule has 0 spiro atoms. The first kappa shape index (κ1) is 33.8. The largest absolute Gasteiger partial charge is 0.461 e. The number of benzene rings is 3. The van der Waals surface area contributed by atoms with Gasteiger partial charge in [-0.1, -0.05) is 106 Å². The van der Waals surface area contributed by atoms with Crippen LogP contribution in [0.1, 0.15) is 61.8 Å². The Morgan fingerprint density at radius 2 is 1.58 bits per heavy atom. The Kier molecular flexibility index (Phi) is 10.2. The number of esters is 1. The third kappa shape index (κ3) is 6.61. The van der Waals surface area contributed by atoms with Gasteiger partial charge in [-0.15, -0.1) is 0 Å². The molecule has 3 heterocycles. The van der Waals surface area contributed by atoms with Crippen molar-refractivity contribution in [1.82, 2.24) is 14.3 Å². The third-order valence-corrected chi connectivity index (χ3v) is 14.6. The summed E-state index contributed by atoms with van der Waals surface area (Å²) in [5.74, 6) is -0.466. The van der Waals surface area contributed by atoms with Crippen molar-refractivity contribution in [2.24, 2.45) is 0 Å². The van der Waals surface area contributed by atoms with Crippen LogP contribution in [-0.4, -0.2) is 46.3 Å². The summed E-state index contributed by atoms with van der Waals surface area (Å²) < 4.78 is 25.2. The Hall–Kier alpha value is -4.12. The van der Waals surface area contributed by atoms with E-state index in [9.17, 15) is 9.35 Å². The molecule has 3 aromatic carbocycles. The fraction of sp³-hybridized carbons (Fsp3) is 0.256. The maximum absolute atomic E-state index is 13.0. The molecule has 7 nitrogen and oxygen atoms in total. The first-order chi connectivity index (χ1) is 23.3. The van der Waals surface area contributed by atoms with Crippen LogP contribution in [0, 0.1) is 0 Å². The molecule has 2 aromatic heterocycles. The molecule has 48 heavy (non-hydrogen) atoms. The standard InChI is InChI=1S/C39H41N3O4SSi/c1-5-45-38(43)34-25-31-27-42(47-44)35(36(31)37(41-34)29-15-12-14-28(24-29)30-16-13-22-40-26-30)21-23-46-48(39(2,3)4,32-17-8-6-9-18-32)33-19-10-7-11-20-33/h6-20,22,24-26,35,44H,5,21,23,27H2,1-4H3/t35-/m1/s1.